The summed E-state index contributed by atoms with van der Waals surface area (Å²) in [5.41, 5.74) is 6.56. The van der Waals surface area contributed by atoms with Crippen LogP contribution in [0.4, 0.5) is 20.3 Å². The molecule has 7 heterocycles. The molecule has 7 aromatic rings. The van der Waals surface area contributed by atoms with Gasteiger partial charge in [0.1, 0.15) is 11.7 Å². The number of benzene rings is 4. The molecular weight excluding hydrogens is 1140 g/mol. The van der Waals surface area contributed by atoms with Gasteiger partial charge in [-0.1, -0.05) is 58.7 Å². The summed E-state index contributed by atoms with van der Waals surface area (Å²) in [6.07, 6.45) is 4.74. The number of halogens is 1. The molecule has 0 aliphatic carbocycles. The molecule has 22 nitrogen and oxygen atoms in total. The lowest BCUT2D eigenvalue weighted by Gasteiger charge is -2.33. The van der Waals surface area contributed by atoms with E-state index in [1.165, 1.54) is 33.6 Å². The van der Waals surface area contributed by atoms with Gasteiger partial charge in [0.25, 0.3) is 11.8 Å². The molecule has 4 aliphatic rings. The van der Waals surface area contributed by atoms with Gasteiger partial charge in [-0.15, -0.1) is 16.4 Å². The van der Waals surface area contributed by atoms with Gasteiger partial charge in [0.05, 0.1) is 56.0 Å². The fraction of sp³-hybridized carbons (Fsp3) is 0.377. The number of rotatable bonds is 24. The Morgan fingerprint density at radius 1 is 0.860 bits per heavy atom. The highest BCUT2D eigenvalue weighted by molar-refractivity contribution is 7.22. The molecule has 0 bridgehead atoms. The third-order valence-corrected chi connectivity index (χ3v) is 17.4. The number of thiazole rings is 2. The van der Waals surface area contributed by atoms with Crippen molar-refractivity contribution in [1.82, 2.24) is 45.0 Å². The molecule has 11 rings (SSSR count). The first-order valence-electron chi connectivity index (χ1n) is 28.6. The minimum Gasteiger partial charge on any atom is -0.491 e. The fourth-order valence-corrected chi connectivity index (χ4v) is 12.8. The first-order valence-corrected chi connectivity index (χ1v) is 30.3. The van der Waals surface area contributed by atoms with Gasteiger partial charge in [-0.2, -0.15) is 0 Å². The maximum atomic E-state index is 15.2. The number of imide groups is 1. The van der Waals surface area contributed by atoms with Crippen molar-refractivity contribution in [3.05, 3.63) is 141 Å². The second kappa shape index (κ2) is 27.6. The Morgan fingerprint density at radius 3 is 2.55 bits per heavy atom. The van der Waals surface area contributed by atoms with Gasteiger partial charge in [-0.05, 0) is 91.8 Å². The third-order valence-electron chi connectivity index (χ3n) is 15.3. The van der Waals surface area contributed by atoms with Crippen molar-refractivity contribution in [2.45, 2.75) is 77.2 Å². The summed E-state index contributed by atoms with van der Waals surface area (Å²) >= 11 is 2.71. The number of aryl methyl sites for hydroxylation is 2. The summed E-state index contributed by atoms with van der Waals surface area (Å²) in [4.78, 5) is 93.4. The maximum absolute atomic E-state index is 15.2. The van der Waals surface area contributed by atoms with Crippen LogP contribution in [0.2, 0.25) is 0 Å². The zero-order chi connectivity index (χ0) is 59.5. The third kappa shape index (κ3) is 14.3. The Kier molecular flexibility index (Phi) is 18.9. The van der Waals surface area contributed by atoms with E-state index >= 15 is 4.39 Å². The van der Waals surface area contributed by atoms with E-state index in [4.69, 9.17) is 14.2 Å². The summed E-state index contributed by atoms with van der Waals surface area (Å²) < 4.78 is 35.2. The van der Waals surface area contributed by atoms with Gasteiger partial charge in [0.15, 0.2) is 27.5 Å². The van der Waals surface area contributed by atoms with E-state index in [9.17, 15) is 33.9 Å². The molecule has 0 saturated carbocycles. The van der Waals surface area contributed by atoms with E-state index in [2.05, 4.69) is 53.0 Å². The molecule has 86 heavy (non-hydrogen) atoms. The van der Waals surface area contributed by atoms with Gasteiger partial charge in [0, 0.05) is 105 Å². The Morgan fingerprint density at radius 2 is 1.71 bits per heavy atom. The standard InChI is InChI=1S/C61H63FN12O10S2/c62-46-34-39(17-19-50(46)84-30-7-15-52-55(59(80)81)66-61(86-52)72-25-21-40-9-3-10-42(44(40)36-72)56(77)67-60-64-48-12-1-2-14-51(48)85-60)8-5-23-70-26-28-71(29-27-70)54(76)16-6-24-73-35-41(68-69-73)38-83-33-32-82-31-22-63-47-13-4-11-43-45(47)37-74(58(43)79)49-18-20-53(75)65-57(49)78/h1-4,9-14,17,19,34-35,49,63H,6-7,15-16,18,20-33,36-38H2,(H,80,81)(H,64,67,77)(H,65,75,78). The fourth-order valence-electron chi connectivity index (χ4n) is 10.8. The van der Waals surface area contributed by atoms with Crippen LogP contribution < -0.4 is 25.6 Å². The van der Waals surface area contributed by atoms with Gasteiger partial charge in [-0.25, -0.2) is 19.2 Å². The largest absolute Gasteiger partial charge is 0.491 e. The maximum Gasteiger partial charge on any atom is 0.355 e. The van der Waals surface area contributed by atoms with Gasteiger partial charge in [-0.3, -0.25) is 44.2 Å². The summed E-state index contributed by atoms with van der Waals surface area (Å²) in [7, 11) is 0. The number of amides is 5. The minimum absolute atomic E-state index is 0.0272. The van der Waals surface area contributed by atoms with Crippen LogP contribution in [0.25, 0.3) is 10.2 Å². The number of aromatic carboxylic acids is 1. The average molecular weight is 1210 g/mol. The molecule has 2 fully saturated rings. The van der Waals surface area contributed by atoms with E-state index < -0.39 is 23.7 Å². The van der Waals surface area contributed by atoms with Crippen LogP contribution >= 0.6 is 22.7 Å². The van der Waals surface area contributed by atoms with Crippen molar-refractivity contribution in [3.63, 3.8) is 0 Å². The Labute approximate surface area is 502 Å². The first-order chi connectivity index (χ1) is 41.9. The molecule has 446 valence electrons. The lowest BCUT2D eigenvalue weighted by atomic mass is 9.94. The molecule has 4 aromatic carbocycles. The SMILES string of the molecule is O=C1CCC(N2Cc3c(NCCOCCOCc4cn(CCCC(=O)N5CCN(CC#Cc6ccc(OCCCc7sc(N8CCc9cccc(C(=O)Nc%10nc%11ccccc%11s%10)c9C8)nc7C(=O)O)c(F)c6)CC5)nn4)cccc3C2=O)C(=O)N1. The van der Waals surface area contributed by atoms with Crippen LogP contribution in [0.3, 0.4) is 0 Å². The number of carboxylic acid groups (broad SMARTS) is 1. The molecular formula is C61H63FN12O10S2. The first kappa shape index (κ1) is 59.1. The number of piperazine rings is 1. The number of carboxylic acids is 1. The molecule has 1 unspecified atom stereocenters. The number of carbonyl (C=O) groups is 6. The smallest absolute Gasteiger partial charge is 0.355 e. The number of carbonyl (C=O) groups excluding carboxylic acids is 5. The minimum atomic E-state index is -1.13. The van der Waals surface area contributed by atoms with Crippen molar-refractivity contribution in [2.75, 3.05) is 87.8 Å². The van der Waals surface area contributed by atoms with E-state index in [0.29, 0.717) is 155 Å². The van der Waals surface area contributed by atoms with Crippen molar-refractivity contribution in [3.8, 4) is 17.6 Å². The number of anilines is 3. The van der Waals surface area contributed by atoms with Gasteiger partial charge in [0.2, 0.25) is 17.7 Å². The lowest BCUT2D eigenvalue weighted by molar-refractivity contribution is -0.137. The van der Waals surface area contributed by atoms with Crippen LogP contribution in [0, 0.1) is 17.7 Å². The number of aromatic nitrogens is 5. The highest BCUT2D eigenvalue weighted by Crippen LogP contribution is 2.35. The number of hydrogen-bond acceptors (Lipinski definition) is 18. The zero-order valence-electron chi connectivity index (χ0n) is 47.1. The highest BCUT2D eigenvalue weighted by Gasteiger charge is 2.40. The predicted molar refractivity (Wildman–Crippen MR) is 319 cm³/mol. The second-order valence-corrected chi connectivity index (χ2v) is 23.2. The highest BCUT2D eigenvalue weighted by atomic mass is 32.1. The Hall–Kier alpha value is -8.67. The van der Waals surface area contributed by atoms with Gasteiger partial charge >= 0.3 is 5.97 Å². The van der Waals surface area contributed by atoms with E-state index in [1.807, 2.05) is 58.5 Å². The summed E-state index contributed by atoms with van der Waals surface area (Å²) in [6.45, 7) is 6.81. The molecule has 25 heteroatoms. The van der Waals surface area contributed by atoms with Gasteiger partial charge < -0.3 is 39.3 Å². The van der Waals surface area contributed by atoms with Crippen molar-refractivity contribution in [2.24, 2.45) is 0 Å². The number of fused-ring (bicyclic) bond motifs is 3. The number of ether oxygens (including phenoxy) is 3. The molecule has 5 amide bonds. The van der Waals surface area contributed by atoms with Crippen LogP contribution in [0.5, 0.6) is 5.75 Å². The number of hydrogen-bond donors (Lipinski definition) is 4. The Balaban J connectivity index is 0.542. The molecule has 2 saturated heterocycles. The molecule has 0 radical (unpaired) electrons. The summed E-state index contributed by atoms with van der Waals surface area (Å²) in [6, 6.07) is 22.7. The Bertz CT molecular complexity index is 3710. The molecule has 3 aromatic heterocycles. The molecule has 0 spiro atoms. The number of nitrogens with one attached hydrogen (secondary N) is 3. The summed E-state index contributed by atoms with van der Waals surface area (Å²) in [5, 5.41) is 28.2. The average Bonchev–Trinajstić information content (AvgIpc) is 3.89. The summed E-state index contributed by atoms with van der Waals surface area (Å²) in [5.74, 6) is 3.40. The monoisotopic (exact) mass is 1210 g/mol. The van der Waals surface area contributed by atoms with Crippen LogP contribution in [0.15, 0.2) is 85.1 Å². The lowest BCUT2D eigenvalue weighted by Crippen LogP contribution is -2.52. The topological polar surface area (TPSA) is 256 Å². The quantitative estimate of drug-likeness (QED) is 0.0290. The number of piperidine rings is 1. The zero-order valence-corrected chi connectivity index (χ0v) is 48.7. The molecule has 1 atom stereocenters. The molecule has 4 aliphatic heterocycles. The van der Waals surface area contributed by atoms with Crippen LogP contribution in [-0.4, -0.2) is 159 Å². The predicted octanol–water partition coefficient (Wildman–Crippen LogP) is 6.39. The second-order valence-electron chi connectivity index (χ2n) is 21.1. The van der Waals surface area contributed by atoms with Crippen molar-refractivity contribution >= 4 is 84.3 Å². The molecule has 4 N–H and O–H groups in total. The van der Waals surface area contributed by atoms with E-state index in [1.54, 1.807) is 35.0 Å². The van der Waals surface area contributed by atoms with Crippen molar-refractivity contribution in [1.29, 1.82) is 0 Å². The van der Waals surface area contributed by atoms with Crippen LogP contribution in [0.1, 0.15) is 96.1 Å². The number of para-hydroxylation sites is 1. The van der Waals surface area contributed by atoms with E-state index in [0.717, 1.165) is 32.6 Å². The normalized spacial score (nSPS) is 15.9. The number of nitrogens with zero attached hydrogens (tertiary/aromatic N) is 9. The van der Waals surface area contributed by atoms with E-state index in [-0.39, 0.29) is 61.3 Å². The van der Waals surface area contributed by atoms with Crippen LogP contribution in [-0.2, 0) is 62.9 Å². The van der Waals surface area contributed by atoms with Crippen molar-refractivity contribution < 1.29 is 52.5 Å².